The van der Waals surface area contributed by atoms with Crippen molar-refractivity contribution in [3.05, 3.63) is 24.3 Å². The molecule has 0 radical (unpaired) electrons. The van der Waals surface area contributed by atoms with Gasteiger partial charge in [-0.1, -0.05) is 19.1 Å². The highest BCUT2D eigenvalue weighted by molar-refractivity contribution is 7.91. The molecule has 0 spiro atoms. The Kier molecular flexibility index (Phi) is 5.88. The minimum atomic E-state index is -4.43. The van der Waals surface area contributed by atoms with Gasteiger partial charge in [0.05, 0.1) is 11.4 Å². The van der Waals surface area contributed by atoms with Gasteiger partial charge in [0.1, 0.15) is 5.75 Å². The molecule has 0 aliphatic rings. The third kappa shape index (κ3) is 6.70. The number of nitrogens with one attached hydrogen (secondary N) is 1. The molecule has 0 aromatic heterocycles. The average Bonchev–Trinajstić information content (AvgIpc) is 2.36. The van der Waals surface area contributed by atoms with Crippen molar-refractivity contribution in [1.29, 1.82) is 0 Å². The average molecular weight is 325 g/mol. The van der Waals surface area contributed by atoms with E-state index >= 15 is 0 Å². The van der Waals surface area contributed by atoms with Crippen LogP contribution in [0.15, 0.2) is 24.3 Å². The molecule has 1 aromatic rings. The quantitative estimate of drug-likeness (QED) is 0.837. The second-order valence-electron chi connectivity index (χ2n) is 4.64. The summed E-state index contributed by atoms with van der Waals surface area (Å²) in [7, 11) is -3.17. The zero-order chi connectivity index (χ0) is 16.1. The number of alkyl halides is 3. The fourth-order valence-corrected chi connectivity index (χ4v) is 2.76. The summed E-state index contributed by atoms with van der Waals surface area (Å²) in [6, 6.07) is 5.68. The van der Waals surface area contributed by atoms with Gasteiger partial charge in [0, 0.05) is 11.8 Å². The van der Waals surface area contributed by atoms with Crippen LogP contribution in [0.4, 0.5) is 18.9 Å². The highest BCUT2D eigenvalue weighted by Gasteiger charge is 2.28. The highest BCUT2D eigenvalue weighted by Crippen LogP contribution is 2.27. The van der Waals surface area contributed by atoms with E-state index in [0.717, 1.165) is 0 Å². The van der Waals surface area contributed by atoms with Crippen LogP contribution in [0.1, 0.15) is 13.8 Å². The summed E-state index contributed by atoms with van der Waals surface area (Å²) in [5, 5.41) is 2.87. The van der Waals surface area contributed by atoms with Gasteiger partial charge in [-0.05, 0) is 19.1 Å². The number of hydrogen-bond acceptors (Lipinski definition) is 4. The maximum Gasteiger partial charge on any atom is 0.422 e. The highest BCUT2D eigenvalue weighted by atomic mass is 32.2. The van der Waals surface area contributed by atoms with Gasteiger partial charge in [-0.2, -0.15) is 13.2 Å². The van der Waals surface area contributed by atoms with Crippen molar-refractivity contribution in [2.75, 3.05) is 23.4 Å². The van der Waals surface area contributed by atoms with E-state index in [1.807, 2.05) is 0 Å². The summed E-state index contributed by atoms with van der Waals surface area (Å²) in [6.07, 6.45) is -4.43. The van der Waals surface area contributed by atoms with E-state index in [0.29, 0.717) is 5.69 Å². The molecule has 0 saturated carbocycles. The molecule has 1 aromatic carbocycles. The molecule has 0 saturated heterocycles. The molecule has 1 unspecified atom stereocenters. The first-order chi connectivity index (χ1) is 9.63. The Hall–Kier alpha value is -1.44. The maximum atomic E-state index is 12.2. The van der Waals surface area contributed by atoms with Crippen LogP contribution in [0.2, 0.25) is 0 Å². The van der Waals surface area contributed by atoms with Crippen LogP contribution >= 0.6 is 0 Å². The van der Waals surface area contributed by atoms with Gasteiger partial charge in [-0.25, -0.2) is 8.42 Å². The van der Waals surface area contributed by atoms with Crippen molar-refractivity contribution < 1.29 is 26.3 Å². The minimum absolute atomic E-state index is 0.0191. The number of halogens is 3. The third-order valence-corrected chi connectivity index (χ3v) is 4.51. The number of hydrogen-bond donors (Lipinski definition) is 1. The molecule has 0 fully saturated rings. The SMILES string of the molecule is CCS(=O)(=O)CC(C)Nc1ccccc1OCC(F)(F)F. The summed E-state index contributed by atoms with van der Waals surface area (Å²) in [5.41, 5.74) is 0.334. The van der Waals surface area contributed by atoms with Gasteiger partial charge in [0.15, 0.2) is 16.4 Å². The number of sulfone groups is 1. The lowest BCUT2D eigenvalue weighted by atomic mass is 10.2. The van der Waals surface area contributed by atoms with E-state index in [1.54, 1.807) is 32.0 Å². The van der Waals surface area contributed by atoms with Gasteiger partial charge in [-0.15, -0.1) is 0 Å². The first-order valence-electron chi connectivity index (χ1n) is 6.38. The van der Waals surface area contributed by atoms with Crippen LogP contribution in [0.3, 0.4) is 0 Å². The molecule has 4 nitrogen and oxygen atoms in total. The monoisotopic (exact) mass is 325 g/mol. The summed E-state index contributed by atoms with van der Waals surface area (Å²) in [5.74, 6) is -0.0434. The zero-order valence-corrected chi connectivity index (χ0v) is 12.6. The van der Waals surface area contributed by atoms with Crippen molar-refractivity contribution in [3.8, 4) is 5.75 Å². The molecule has 1 N–H and O–H groups in total. The first kappa shape index (κ1) is 17.6. The molecule has 0 amide bonds. The van der Waals surface area contributed by atoms with E-state index in [9.17, 15) is 21.6 Å². The van der Waals surface area contributed by atoms with Gasteiger partial charge in [0.25, 0.3) is 0 Å². The van der Waals surface area contributed by atoms with E-state index < -0.39 is 28.7 Å². The first-order valence-corrected chi connectivity index (χ1v) is 8.20. The number of rotatable bonds is 7. The van der Waals surface area contributed by atoms with E-state index in [-0.39, 0.29) is 17.3 Å². The molecule has 0 heterocycles. The predicted octanol–water partition coefficient (Wildman–Crippen LogP) is 2.86. The van der Waals surface area contributed by atoms with Crippen molar-refractivity contribution >= 4 is 15.5 Å². The predicted molar refractivity (Wildman–Crippen MR) is 75.4 cm³/mol. The molecule has 120 valence electrons. The second-order valence-corrected chi connectivity index (χ2v) is 7.04. The molecule has 8 heteroatoms. The Morgan fingerprint density at radius 3 is 2.48 bits per heavy atom. The third-order valence-electron chi connectivity index (χ3n) is 2.62. The van der Waals surface area contributed by atoms with E-state index in [1.165, 1.54) is 6.07 Å². The largest absolute Gasteiger partial charge is 0.482 e. The topological polar surface area (TPSA) is 55.4 Å². The van der Waals surface area contributed by atoms with E-state index in [2.05, 4.69) is 5.32 Å². The van der Waals surface area contributed by atoms with Crippen LogP contribution in [-0.2, 0) is 9.84 Å². The summed E-state index contributed by atoms with van der Waals surface area (Å²) < 4.78 is 64.3. The maximum absolute atomic E-state index is 12.2. The summed E-state index contributed by atoms with van der Waals surface area (Å²) >= 11 is 0. The Morgan fingerprint density at radius 2 is 1.90 bits per heavy atom. The molecule has 0 aliphatic heterocycles. The van der Waals surface area contributed by atoms with Gasteiger partial charge < -0.3 is 10.1 Å². The lowest BCUT2D eigenvalue weighted by Crippen LogP contribution is -2.27. The summed E-state index contributed by atoms with van der Waals surface area (Å²) in [4.78, 5) is 0. The number of benzene rings is 1. The molecular weight excluding hydrogens is 307 g/mol. The second kappa shape index (κ2) is 7.02. The van der Waals surface area contributed by atoms with Gasteiger partial charge in [0.2, 0.25) is 0 Å². The molecule has 0 aliphatic carbocycles. The molecular formula is C13H18F3NO3S. The molecule has 21 heavy (non-hydrogen) atoms. The standard InChI is InChI=1S/C13H18F3NO3S/c1-3-21(18,19)8-10(2)17-11-6-4-5-7-12(11)20-9-13(14,15)16/h4-7,10,17H,3,8-9H2,1-2H3. The van der Waals surface area contributed by atoms with Crippen LogP contribution in [0.5, 0.6) is 5.75 Å². The number of anilines is 1. The normalized spacial score (nSPS) is 13.8. The molecule has 1 atom stereocenters. The Bertz CT molecular complexity index is 558. The lowest BCUT2D eigenvalue weighted by molar-refractivity contribution is -0.153. The van der Waals surface area contributed by atoms with Crippen molar-refractivity contribution in [2.24, 2.45) is 0 Å². The van der Waals surface area contributed by atoms with Gasteiger partial charge in [-0.3, -0.25) is 0 Å². The molecule has 1 rings (SSSR count). The Balaban J connectivity index is 2.75. The molecule has 0 bridgehead atoms. The van der Waals surface area contributed by atoms with Crippen molar-refractivity contribution in [3.63, 3.8) is 0 Å². The fourth-order valence-electron chi connectivity index (χ4n) is 1.68. The number of para-hydroxylation sites is 2. The number of ether oxygens (including phenoxy) is 1. The lowest BCUT2D eigenvalue weighted by Gasteiger charge is -2.18. The van der Waals surface area contributed by atoms with Crippen molar-refractivity contribution in [1.82, 2.24) is 0 Å². The Morgan fingerprint density at radius 1 is 1.29 bits per heavy atom. The smallest absolute Gasteiger partial charge is 0.422 e. The summed E-state index contributed by atoms with van der Waals surface area (Å²) in [6.45, 7) is 1.80. The van der Waals surface area contributed by atoms with Crippen LogP contribution in [0.25, 0.3) is 0 Å². The van der Waals surface area contributed by atoms with Crippen LogP contribution in [0, 0.1) is 0 Å². The van der Waals surface area contributed by atoms with Crippen LogP contribution < -0.4 is 10.1 Å². The van der Waals surface area contributed by atoms with Crippen LogP contribution in [-0.4, -0.2) is 38.7 Å². The van der Waals surface area contributed by atoms with Gasteiger partial charge >= 0.3 is 6.18 Å². The minimum Gasteiger partial charge on any atom is -0.482 e. The fraction of sp³-hybridized carbons (Fsp3) is 0.538. The van der Waals surface area contributed by atoms with Crippen molar-refractivity contribution in [2.45, 2.75) is 26.1 Å². The van der Waals surface area contributed by atoms with E-state index in [4.69, 9.17) is 4.74 Å². The Labute approximate surface area is 122 Å². The zero-order valence-electron chi connectivity index (χ0n) is 11.8.